The van der Waals surface area contributed by atoms with Crippen molar-refractivity contribution in [3.8, 4) is 33.6 Å². The maximum absolute atomic E-state index is 8.77. The molecule has 0 bridgehead atoms. The molecule has 1 radical (unpaired) electrons. The first kappa shape index (κ1) is 18.3. The van der Waals surface area contributed by atoms with Crippen molar-refractivity contribution in [2.24, 2.45) is 0 Å². The number of nitrogens with zero attached hydrogens (tertiary/aromatic N) is 2. The summed E-state index contributed by atoms with van der Waals surface area (Å²) in [7, 11) is 0. The molecule has 0 unspecified atom stereocenters. The van der Waals surface area contributed by atoms with Crippen molar-refractivity contribution >= 4 is 0 Å². The molecule has 0 aliphatic carbocycles. The van der Waals surface area contributed by atoms with Gasteiger partial charge >= 0.3 is 0 Å². The first-order valence-corrected chi connectivity index (χ1v) is 12.6. The van der Waals surface area contributed by atoms with E-state index in [0.29, 0.717) is 22.3 Å². The standard InChI is InChI=1S/C26H22N.C12H10N.Ir/c1-19-13-14-23(17-24(19)16-21-9-5-3-6-10-21)26-15-20(2)25(18-27-26)22-11-7-4-8-12-22;1-10-7-8-12(13-9-10)11-5-3-2-4-6-11;/h3-13,15,17-18H,16H2,1-2H3;2-5,7-9H,1H3;/q2*-1;/i1D3,2D3,16D2;1D3;. The monoisotopic (exact) mass is 720 g/mol. The molecular weight excluding hydrogens is 677 g/mol. The predicted molar refractivity (Wildman–Crippen MR) is 166 cm³/mol. The normalized spacial score (nSPS) is 15.5. The number of hydrogen-bond acceptors (Lipinski definition) is 2. The van der Waals surface area contributed by atoms with Gasteiger partial charge in [0.2, 0.25) is 0 Å². The Labute approximate surface area is 273 Å². The topological polar surface area (TPSA) is 25.8 Å². The van der Waals surface area contributed by atoms with E-state index in [2.05, 4.69) is 22.1 Å². The van der Waals surface area contributed by atoms with Gasteiger partial charge in [-0.1, -0.05) is 85.7 Å². The molecule has 0 spiro atoms. The summed E-state index contributed by atoms with van der Waals surface area (Å²) < 4.78 is 87.2. The van der Waals surface area contributed by atoms with Crippen molar-refractivity contribution in [3.05, 3.63) is 168 Å². The van der Waals surface area contributed by atoms with Crippen molar-refractivity contribution in [2.45, 2.75) is 26.9 Å². The van der Waals surface area contributed by atoms with Crippen LogP contribution in [0.15, 0.2) is 128 Å². The Morgan fingerprint density at radius 1 is 0.683 bits per heavy atom. The van der Waals surface area contributed by atoms with Crippen LogP contribution >= 0.6 is 0 Å². The molecule has 0 saturated carbocycles. The van der Waals surface area contributed by atoms with E-state index in [4.69, 9.17) is 15.1 Å². The molecule has 2 aromatic heterocycles. The Morgan fingerprint density at radius 2 is 1.44 bits per heavy atom. The molecule has 6 aromatic rings. The van der Waals surface area contributed by atoms with Crippen LogP contribution in [0.1, 0.15) is 42.9 Å². The van der Waals surface area contributed by atoms with E-state index in [9.17, 15) is 0 Å². The zero-order chi connectivity index (χ0) is 37.0. The molecule has 2 nitrogen and oxygen atoms in total. The van der Waals surface area contributed by atoms with Gasteiger partial charge in [-0.05, 0) is 53.7 Å². The maximum Gasteiger partial charge on any atom is 0.0349 e. The molecule has 41 heavy (non-hydrogen) atoms. The second kappa shape index (κ2) is 14.5. The summed E-state index contributed by atoms with van der Waals surface area (Å²) in [5, 5.41) is 0. The summed E-state index contributed by atoms with van der Waals surface area (Å²) in [4.78, 5) is 8.57. The van der Waals surface area contributed by atoms with Gasteiger partial charge in [0.25, 0.3) is 0 Å². The van der Waals surface area contributed by atoms with Crippen LogP contribution in [0.4, 0.5) is 0 Å². The van der Waals surface area contributed by atoms with Crippen LogP contribution in [0.5, 0.6) is 0 Å². The van der Waals surface area contributed by atoms with Crippen molar-refractivity contribution in [2.75, 3.05) is 0 Å². The molecule has 0 fully saturated rings. The van der Waals surface area contributed by atoms with Crippen molar-refractivity contribution < 1.29 is 35.2 Å². The van der Waals surface area contributed by atoms with Crippen LogP contribution < -0.4 is 0 Å². The minimum Gasteiger partial charge on any atom is -0.304 e. The van der Waals surface area contributed by atoms with Crippen molar-refractivity contribution in [1.29, 1.82) is 0 Å². The summed E-state index contributed by atoms with van der Waals surface area (Å²) >= 11 is 0. The molecule has 0 amide bonds. The Balaban J connectivity index is 0.000000298. The van der Waals surface area contributed by atoms with E-state index in [1.54, 1.807) is 60.7 Å². The molecule has 0 aliphatic rings. The zero-order valence-electron chi connectivity index (χ0n) is 32.9. The number of aryl methyl sites for hydroxylation is 3. The Morgan fingerprint density at radius 3 is 2.12 bits per heavy atom. The summed E-state index contributed by atoms with van der Waals surface area (Å²) in [5.41, 5.74) is 3.78. The molecule has 3 heteroatoms. The van der Waals surface area contributed by atoms with Crippen LogP contribution in [-0.2, 0) is 26.5 Å². The first-order chi connectivity index (χ1) is 24.0. The van der Waals surface area contributed by atoms with E-state index in [0.717, 1.165) is 11.3 Å². The Hall–Kier alpha value is -4.17. The molecular formula is C38H32IrN2-2. The fourth-order valence-corrected chi connectivity index (χ4v) is 3.98. The van der Waals surface area contributed by atoms with Gasteiger partial charge < -0.3 is 9.97 Å². The molecule has 0 atom stereocenters. The van der Waals surface area contributed by atoms with E-state index >= 15 is 0 Å². The molecule has 0 aliphatic heterocycles. The number of pyridine rings is 2. The molecule has 4 aromatic carbocycles. The predicted octanol–water partition coefficient (Wildman–Crippen LogP) is 9.28. The summed E-state index contributed by atoms with van der Waals surface area (Å²) in [6.45, 7) is -7.09. The second-order valence-corrected chi connectivity index (χ2v) is 8.85. The number of aromatic nitrogens is 2. The molecule has 205 valence electrons. The minimum atomic E-state index is -2.57. The summed E-state index contributed by atoms with van der Waals surface area (Å²) in [5.74, 6) is 0. The third-order valence-corrected chi connectivity index (χ3v) is 6.02. The van der Waals surface area contributed by atoms with E-state index in [1.807, 2.05) is 36.4 Å². The maximum atomic E-state index is 8.77. The number of benzene rings is 4. The minimum absolute atomic E-state index is 0. The van der Waals surface area contributed by atoms with Crippen molar-refractivity contribution in [3.63, 3.8) is 0 Å². The summed E-state index contributed by atoms with van der Waals surface area (Å²) in [6, 6.07) is 38.1. The number of hydrogen-bond donors (Lipinski definition) is 0. The van der Waals surface area contributed by atoms with Gasteiger partial charge in [0, 0.05) is 53.1 Å². The van der Waals surface area contributed by atoms with Gasteiger partial charge in [0.1, 0.15) is 0 Å². The second-order valence-electron chi connectivity index (χ2n) is 8.85. The van der Waals surface area contributed by atoms with Gasteiger partial charge in [0.05, 0.1) is 0 Å². The third kappa shape index (κ3) is 7.95. The fourth-order valence-electron chi connectivity index (χ4n) is 3.98. The average molecular weight is 720 g/mol. The van der Waals surface area contributed by atoms with Crippen LogP contribution in [0.25, 0.3) is 33.6 Å². The smallest absolute Gasteiger partial charge is 0.0349 e. The Kier molecular flexibility index (Phi) is 6.45. The Bertz CT molecular complexity index is 2060. The van der Waals surface area contributed by atoms with Crippen LogP contribution in [0, 0.1) is 32.7 Å². The molecule has 6 rings (SSSR count). The third-order valence-electron chi connectivity index (χ3n) is 6.02. The SMILES string of the molecule is [2H]C([2H])([2H])c1cc(-c2[c-]cc(C([2H])([2H])[2H])c(C([2H])([2H])c3ccccc3)c2)ncc1-c1ccccc1.[2H]C([2H])([2H])c1ccc(-c2[c-]cccc2)nc1.[Ir]. The van der Waals surface area contributed by atoms with Crippen LogP contribution in [0.3, 0.4) is 0 Å². The molecule has 0 N–H and O–H groups in total. The zero-order valence-corrected chi connectivity index (χ0v) is 24.2. The van der Waals surface area contributed by atoms with Gasteiger partial charge in [-0.15, -0.1) is 70.8 Å². The molecule has 0 saturated heterocycles. The first-order valence-electron chi connectivity index (χ1n) is 18.1. The number of rotatable bonds is 5. The van der Waals surface area contributed by atoms with Crippen LogP contribution in [-0.4, -0.2) is 9.97 Å². The van der Waals surface area contributed by atoms with Gasteiger partial charge in [-0.3, -0.25) is 0 Å². The largest absolute Gasteiger partial charge is 0.304 e. The molecule has 2 heterocycles. The fraction of sp³-hybridized carbons (Fsp3) is 0.105. The quantitative estimate of drug-likeness (QED) is 0.166. The van der Waals surface area contributed by atoms with Gasteiger partial charge in [0.15, 0.2) is 0 Å². The van der Waals surface area contributed by atoms with Gasteiger partial charge in [-0.2, -0.15) is 0 Å². The van der Waals surface area contributed by atoms with E-state index < -0.39 is 26.9 Å². The van der Waals surface area contributed by atoms with Crippen molar-refractivity contribution in [1.82, 2.24) is 9.97 Å². The average Bonchev–Trinajstić information content (AvgIpc) is 3.11. The van der Waals surface area contributed by atoms with Gasteiger partial charge in [-0.25, -0.2) is 0 Å². The van der Waals surface area contributed by atoms with E-state index in [-0.39, 0.29) is 48.1 Å². The van der Waals surface area contributed by atoms with E-state index in [1.165, 1.54) is 30.6 Å². The van der Waals surface area contributed by atoms with Crippen LogP contribution in [0.2, 0.25) is 0 Å². The summed E-state index contributed by atoms with van der Waals surface area (Å²) in [6.07, 6.45) is 0.748.